The maximum absolute atomic E-state index is 12.6. The average molecular weight is 282 g/mol. The van der Waals surface area contributed by atoms with E-state index in [9.17, 15) is 13.2 Å². The van der Waals surface area contributed by atoms with Crippen LogP contribution in [0.3, 0.4) is 0 Å². The van der Waals surface area contributed by atoms with Crippen molar-refractivity contribution in [2.45, 2.75) is 53.3 Å². The van der Waals surface area contributed by atoms with Gasteiger partial charge >= 0.3 is 6.18 Å². The lowest BCUT2D eigenvalue weighted by Crippen LogP contribution is -2.49. The fraction of sp³-hybridized carbons (Fsp3) is 1.00. The smallest absolute Gasteiger partial charge is 0.315 e. The highest BCUT2D eigenvalue weighted by Gasteiger charge is 2.34. The molecule has 1 atom stereocenters. The van der Waals surface area contributed by atoms with Crippen molar-refractivity contribution < 1.29 is 13.2 Å². The molecule has 2 nitrogen and oxygen atoms in total. The number of nitrogens with zero attached hydrogens (tertiary/aromatic N) is 1. The van der Waals surface area contributed by atoms with Gasteiger partial charge in [-0.2, -0.15) is 13.2 Å². The summed E-state index contributed by atoms with van der Waals surface area (Å²) in [6.07, 6.45) is -3.39. The predicted octanol–water partition coefficient (Wildman–Crippen LogP) is 3.53. The Hall–Kier alpha value is -0.290. The first kappa shape index (κ1) is 18.7. The van der Waals surface area contributed by atoms with Crippen molar-refractivity contribution in [3.05, 3.63) is 0 Å². The van der Waals surface area contributed by atoms with E-state index < -0.39 is 12.7 Å². The number of hydrogen-bond donors (Lipinski definition) is 1. The number of hydrogen-bond acceptors (Lipinski definition) is 2. The summed E-state index contributed by atoms with van der Waals surface area (Å²) in [5.41, 5.74) is 0. The van der Waals surface area contributed by atoms with Gasteiger partial charge in [0.2, 0.25) is 0 Å². The Morgan fingerprint density at radius 1 is 1.05 bits per heavy atom. The van der Waals surface area contributed by atoms with Crippen LogP contribution in [0.15, 0.2) is 0 Å². The van der Waals surface area contributed by atoms with Gasteiger partial charge in [-0.3, -0.25) is 4.90 Å². The zero-order chi connectivity index (χ0) is 15.1. The molecule has 0 radical (unpaired) electrons. The molecule has 1 N–H and O–H groups in total. The Morgan fingerprint density at radius 2 is 1.63 bits per heavy atom. The monoisotopic (exact) mass is 282 g/mol. The largest absolute Gasteiger partial charge is 0.401 e. The predicted molar refractivity (Wildman–Crippen MR) is 74.3 cm³/mol. The van der Waals surface area contributed by atoms with Crippen LogP contribution >= 0.6 is 0 Å². The van der Waals surface area contributed by atoms with E-state index in [0.29, 0.717) is 19.0 Å². The van der Waals surface area contributed by atoms with Crippen molar-refractivity contribution in [1.82, 2.24) is 10.2 Å². The third-order valence-electron chi connectivity index (χ3n) is 3.04. The summed E-state index contributed by atoms with van der Waals surface area (Å²) in [4.78, 5) is 1.57. The minimum absolute atomic E-state index is 0.0691. The van der Waals surface area contributed by atoms with Gasteiger partial charge in [0.05, 0.1) is 6.54 Å². The highest BCUT2D eigenvalue weighted by molar-refractivity contribution is 4.79. The van der Waals surface area contributed by atoms with Crippen molar-refractivity contribution >= 4 is 0 Å². The van der Waals surface area contributed by atoms with Crippen molar-refractivity contribution in [3.8, 4) is 0 Å². The zero-order valence-electron chi connectivity index (χ0n) is 12.8. The Morgan fingerprint density at radius 3 is 2.00 bits per heavy atom. The standard InChI is InChI=1S/C14H29F3N2/c1-6-7-19(10-14(15,16)17)13(12(4)5)9-18-8-11(2)3/h11-13,18H,6-10H2,1-5H3. The van der Waals surface area contributed by atoms with Crippen LogP contribution in [0.2, 0.25) is 0 Å². The van der Waals surface area contributed by atoms with Gasteiger partial charge in [0.25, 0.3) is 0 Å². The summed E-state index contributed by atoms with van der Waals surface area (Å²) < 4.78 is 37.9. The molecule has 0 aromatic carbocycles. The van der Waals surface area contributed by atoms with Crippen LogP contribution in [0.25, 0.3) is 0 Å². The molecule has 0 amide bonds. The Labute approximate surface area is 115 Å². The van der Waals surface area contributed by atoms with Crippen molar-refractivity contribution in [1.29, 1.82) is 0 Å². The van der Waals surface area contributed by atoms with E-state index in [2.05, 4.69) is 19.2 Å². The van der Waals surface area contributed by atoms with Crippen LogP contribution in [0.5, 0.6) is 0 Å². The zero-order valence-corrected chi connectivity index (χ0v) is 12.8. The maximum atomic E-state index is 12.6. The molecular weight excluding hydrogens is 253 g/mol. The molecule has 0 fully saturated rings. The highest BCUT2D eigenvalue weighted by atomic mass is 19.4. The molecule has 0 saturated carbocycles. The molecule has 0 aliphatic heterocycles. The number of rotatable bonds is 9. The van der Waals surface area contributed by atoms with E-state index in [1.165, 1.54) is 0 Å². The molecule has 0 rings (SSSR count). The summed E-state index contributed by atoms with van der Waals surface area (Å²) in [7, 11) is 0. The van der Waals surface area contributed by atoms with E-state index in [-0.39, 0.29) is 12.0 Å². The molecule has 0 aromatic heterocycles. The number of alkyl halides is 3. The van der Waals surface area contributed by atoms with Crippen molar-refractivity contribution in [3.63, 3.8) is 0 Å². The normalized spacial score (nSPS) is 14.7. The third kappa shape index (κ3) is 9.27. The van der Waals surface area contributed by atoms with Crippen LogP contribution < -0.4 is 5.32 Å². The molecule has 0 aliphatic rings. The van der Waals surface area contributed by atoms with Gasteiger partial charge in [0.1, 0.15) is 0 Å². The molecule has 19 heavy (non-hydrogen) atoms. The van der Waals surface area contributed by atoms with E-state index in [1.54, 1.807) is 4.90 Å². The summed E-state index contributed by atoms with van der Waals surface area (Å²) in [5, 5.41) is 3.28. The van der Waals surface area contributed by atoms with Gasteiger partial charge in [-0.05, 0) is 31.3 Å². The number of halogens is 3. The highest BCUT2D eigenvalue weighted by Crippen LogP contribution is 2.20. The lowest BCUT2D eigenvalue weighted by Gasteiger charge is -2.35. The second kappa shape index (κ2) is 8.80. The molecule has 1 unspecified atom stereocenters. The van der Waals surface area contributed by atoms with Crippen molar-refractivity contribution in [2.24, 2.45) is 11.8 Å². The topological polar surface area (TPSA) is 15.3 Å². The fourth-order valence-corrected chi connectivity index (χ4v) is 2.19. The van der Waals surface area contributed by atoms with Gasteiger partial charge in [-0.1, -0.05) is 34.6 Å². The minimum Gasteiger partial charge on any atom is -0.315 e. The van der Waals surface area contributed by atoms with Gasteiger partial charge < -0.3 is 5.32 Å². The Bertz CT molecular complexity index is 227. The summed E-state index contributed by atoms with van der Waals surface area (Å²) >= 11 is 0. The first-order valence-corrected chi connectivity index (χ1v) is 7.18. The van der Waals surface area contributed by atoms with Crippen LogP contribution in [0.1, 0.15) is 41.0 Å². The van der Waals surface area contributed by atoms with E-state index >= 15 is 0 Å². The molecule has 0 aliphatic carbocycles. The SMILES string of the molecule is CCCN(CC(F)(F)F)C(CNCC(C)C)C(C)C. The first-order valence-electron chi connectivity index (χ1n) is 7.18. The quantitative estimate of drug-likeness (QED) is 0.696. The average Bonchev–Trinajstić information content (AvgIpc) is 2.21. The van der Waals surface area contributed by atoms with E-state index in [4.69, 9.17) is 0 Å². The summed E-state index contributed by atoms with van der Waals surface area (Å²) in [5.74, 6) is 0.712. The van der Waals surface area contributed by atoms with Crippen LogP contribution in [-0.4, -0.2) is 43.3 Å². The maximum Gasteiger partial charge on any atom is 0.401 e. The fourth-order valence-electron chi connectivity index (χ4n) is 2.19. The Kier molecular flexibility index (Phi) is 8.66. The number of nitrogens with one attached hydrogen (secondary N) is 1. The van der Waals surface area contributed by atoms with Gasteiger partial charge in [-0.25, -0.2) is 0 Å². The van der Waals surface area contributed by atoms with Crippen molar-refractivity contribution in [2.75, 3.05) is 26.2 Å². The molecule has 0 spiro atoms. The Balaban J connectivity index is 4.57. The first-order chi connectivity index (χ1) is 8.67. The van der Waals surface area contributed by atoms with E-state index in [1.807, 2.05) is 20.8 Å². The third-order valence-corrected chi connectivity index (χ3v) is 3.04. The minimum atomic E-state index is -4.12. The van der Waals surface area contributed by atoms with Crippen LogP contribution in [0.4, 0.5) is 13.2 Å². The lowest BCUT2D eigenvalue weighted by molar-refractivity contribution is -0.152. The van der Waals surface area contributed by atoms with Gasteiger partial charge in [-0.15, -0.1) is 0 Å². The molecular formula is C14H29F3N2. The van der Waals surface area contributed by atoms with Gasteiger partial charge in [0, 0.05) is 12.6 Å². The van der Waals surface area contributed by atoms with E-state index in [0.717, 1.165) is 13.0 Å². The molecule has 116 valence electrons. The summed E-state index contributed by atoms with van der Waals surface area (Å²) in [6.45, 7) is 11.2. The van der Waals surface area contributed by atoms with Crippen LogP contribution in [-0.2, 0) is 0 Å². The molecule has 0 aromatic rings. The molecule has 0 saturated heterocycles. The van der Waals surface area contributed by atoms with Gasteiger partial charge in [0.15, 0.2) is 0 Å². The molecule has 0 heterocycles. The molecule has 5 heteroatoms. The van der Waals surface area contributed by atoms with Crippen LogP contribution in [0, 0.1) is 11.8 Å². The second-order valence-corrected chi connectivity index (χ2v) is 5.95. The summed E-state index contributed by atoms with van der Waals surface area (Å²) in [6, 6.07) is -0.0691. The lowest BCUT2D eigenvalue weighted by atomic mass is 10.0. The molecule has 0 bridgehead atoms. The second-order valence-electron chi connectivity index (χ2n) is 5.95.